The number of nitrogens with zero attached hydrogens (tertiary/aromatic N) is 3. The molecule has 0 aliphatic carbocycles. The summed E-state index contributed by atoms with van der Waals surface area (Å²) in [5.41, 5.74) is 0.587. The average molecular weight is 535 g/mol. The van der Waals surface area contributed by atoms with Crippen LogP contribution in [0.5, 0.6) is 0 Å². The fourth-order valence-electron chi connectivity index (χ4n) is 5.85. The number of amides is 1. The van der Waals surface area contributed by atoms with Crippen LogP contribution in [0.1, 0.15) is 70.8 Å². The van der Waals surface area contributed by atoms with Crippen LogP contribution in [-0.4, -0.2) is 93.1 Å². The second-order valence-corrected chi connectivity index (χ2v) is 14.2. The van der Waals surface area contributed by atoms with E-state index in [1.165, 1.54) is 32.5 Å². The lowest BCUT2D eigenvalue weighted by Gasteiger charge is -2.37. The van der Waals surface area contributed by atoms with Gasteiger partial charge in [0.1, 0.15) is 5.60 Å². The van der Waals surface area contributed by atoms with Crippen molar-refractivity contribution in [2.24, 2.45) is 5.92 Å². The Morgan fingerprint density at radius 3 is 2.24 bits per heavy atom. The second kappa shape index (κ2) is 12.0. The number of nitrogens with one attached hydrogen (secondary N) is 1. The van der Waals surface area contributed by atoms with Crippen molar-refractivity contribution in [2.75, 3.05) is 52.9 Å². The standard InChI is InChI=1S/C28H46N4O4S/c1-28(2,3)36-27(33)29-25-12-18-32(19-13-25)37(34,35)26-7-5-6-24(20-26)23-10-16-31(17-11-23)21-22-8-14-30(4)15-9-22/h5-7,20,22-23,25H,8-19,21H2,1-4H3,(H,29,33). The molecule has 0 bridgehead atoms. The Morgan fingerprint density at radius 1 is 0.973 bits per heavy atom. The van der Waals surface area contributed by atoms with Gasteiger partial charge in [0.05, 0.1) is 4.90 Å². The summed E-state index contributed by atoms with van der Waals surface area (Å²) in [6, 6.07) is 7.53. The lowest BCUT2D eigenvalue weighted by atomic mass is 9.88. The second-order valence-electron chi connectivity index (χ2n) is 12.2. The van der Waals surface area contributed by atoms with Crippen molar-refractivity contribution in [3.05, 3.63) is 29.8 Å². The van der Waals surface area contributed by atoms with E-state index >= 15 is 0 Å². The number of benzene rings is 1. The number of likely N-dealkylation sites (tertiary alicyclic amines) is 2. The van der Waals surface area contributed by atoms with E-state index in [9.17, 15) is 13.2 Å². The van der Waals surface area contributed by atoms with Gasteiger partial charge in [0.15, 0.2) is 0 Å². The fraction of sp³-hybridized carbons (Fsp3) is 0.750. The minimum Gasteiger partial charge on any atom is -0.444 e. The third kappa shape index (κ3) is 7.91. The fourth-order valence-corrected chi connectivity index (χ4v) is 7.38. The summed E-state index contributed by atoms with van der Waals surface area (Å²) in [6.07, 6.45) is 5.46. The molecule has 4 rings (SSSR count). The molecule has 0 saturated carbocycles. The Morgan fingerprint density at radius 2 is 1.62 bits per heavy atom. The van der Waals surface area contributed by atoms with Crippen LogP contribution in [0.4, 0.5) is 4.79 Å². The molecular weight excluding hydrogens is 488 g/mol. The summed E-state index contributed by atoms with van der Waals surface area (Å²) in [7, 11) is -1.35. The molecule has 0 aromatic heterocycles. The Bertz CT molecular complexity index is 1000. The lowest BCUT2D eigenvalue weighted by molar-refractivity contribution is 0.0489. The number of alkyl carbamates (subject to hydrolysis) is 1. The van der Waals surface area contributed by atoms with Gasteiger partial charge in [-0.2, -0.15) is 4.31 Å². The van der Waals surface area contributed by atoms with Crippen molar-refractivity contribution >= 4 is 16.1 Å². The summed E-state index contributed by atoms with van der Waals surface area (Å²) in [4.78, 5) is 17.5. The summed E-state index contributed by atoms with van der Waals surface area (Å²) in [5.74, 6) is 1.22. The zero-order valence-corrected chi connectivity index (χ0v) is 23.9. The van der Waals surface area contributed by atoms with E-state index in [1.54, 1.807) is 10.4 Å². The lowest BCUT2D eigenvalue weighted by Crippen LogP contribution is -2.47. The van der Waals surface area contributed by atoms with Gasteiger partial charge in [-0.25, -0.2) is 13.2 Å². The highest BCUT2D eigenvalue weighted by Gasteiger charge is 2.32. The topological polar surface area (TPSA) is 82.2 Å². The number of piperidine rings is 3. The number of ether oxygens (including phenoxy) is 1. The smallest absolute Gasteiger partial charge is 0.407 e. The predicted octanol–water partition coefficient (Wildman–Crippen LogP) is 3.89. The molecule has 0 spiro atoms. The molecule has 8 nitrogen and oxygen atoms in total. The van der Waals surface area contributed by atoms with Crippen LogP contribution in [0.3, 0.4) is 0 Å². The van der Waals surface area contributed by atoms with E-state index in [0.29, 0.717) is 36.7 Å². The van der Waals surface area contributed by atoms with E-state index in [-0.39, 0.29) is 6.04 Å². The van der Waals surface area contributed by atoms with E-state index < -0.39 is 21.7 Å². The first-order chi connectivity index (χ1) is 17.5. The maximum Gasteiger partial charge on any atom is 0.407 e. The van der Waals surface area contributed by atoms with Crippen molar-refractivity contribution in [3.8, 4) is 0 Å². The summed E-state index contributed by atoms with van der Waals surface area (Å²) in [5, 5.41) is 2.88. The van der Waals surface area contributed by atoms with Crippen LogP contribution < -0.4 is 5.32 Å². The molecule has 3 fully saturated rings. The molecule has 208 valence electrons. The van der Waals surface area contributed by atoms with Crippen molar-refractivity contribution < 1.29 is 17.9 Å². The first-order valence-corrected chi connectivity index (χ1v) is 15.4. The van der Waals surface area contributed by atoms with Gasteiger partial charge in [-0.1, -0.05) is 12.1 Å². The van der Waals surface area contributed by atoms with E-state index in [2.05, 4.69) is 28.2 Å². The van der Waals surface area contributed by atoms with Crippen LogP contribution in [0.25, 0.3) is 0 Å². The van der Waals surface area contributed by atoms with E-state index in [0.717, 1.165) is 37.4 Å². The van der Waals surface area contributed by atoms with Crippen LogP contribution in [0.15, 0.2) is 29.2 Å². The van der Waals surface area contributed by atoms with Crippen molar-refractivity contribution in [1.29, 1.82) is 0 Å². The SMILES string of the molecule is CN1CCC(CN2CCC(c3cccc(S(=O)(=O)N4CCC(NC(=O)OC(C)(C)C)CC4)c3)CC2)CC1. The average Bonchev–Trinajstić information content (AvgIpc) is 2.85. The normalized spacial score (nSPS) is 22.7. The van der Waals surface area contributed by atoms with E-state index in [4.69, 9.17) is 4.74 Å². The minimum atomic E-state index is -3.56. The minimum absolute atomic E-state index is 0.0765. The van der Waals surface area contributed by atoms with Gasteiger partial charge in [0, 0.05) is 25.7 Å². The van der Waals surface area contributed by atoms with Crippen molar-refractivity contribution in [1.82, 2.24) is 19.4 Å². The van der Waals surface area contributed by atoms with Gasteiger partial charge < -0.3 is 19.9 Å². The van der Waals surface area contributed by atoms with Crippen LogP contribution >= 0.6 is 0 Å². The molecular formula is C28H46N4O4S. The molecule has 1 amide bonds. The molecule has 3 aliphatic rings. The number of carbonyl (C=O) groups is 1. The molecule has 9 heteroatoms. The first kappa shape index (κ1) is 28.3. The molecule has 0 unspecified atom stereocenters. The molecule has 3 saturated heterocycles. The molecule has 3 heterocycles. The predicted molar refractivity (Wildman–Crippen MR) is 146 cm³/mol. The number of hydrogen-bond acceptors (Lipinski definition) is 6. The van der Waals surface area contributed by atoms with Crippen molar-refractivity contribution in [3.63, 3.8) is 0 Å². The van der Waals surface area contributed by atoms with Gasteiger partial charge in [0.25, 0.3) is 0 Å². The van der Waals surface area contributed by atoms with Gasteiger partial charge >= 0.3 is 6.09 Å². The van der Waals surface area contributed by atoms with Gasteiger partial charge in [-0.15, -0.1) is 0 Å². The monoisotopic (exact) mass is 534 g/mol. The maximum atomic E-state index is 13.4. The molecule has 0 radical (unpaired) electrons. The molecule has 1 aromatic rings. The van der Waals surface area contributed by atoms with Gasteiger partial charge in [0.2, 0.25) is 10.0 Å². The number of rotatable bonds is 6. The Kier molecular flexibility index (Phi) is 9.20. The molecule has 0 atom stereocenters. The zero-order valence-electron chi connectivity index (χ0n) is 23.1. The molecule has 1 aromatic carbocycles. The highest BCUT2D eigenvalue weighted by Crippen LogP contribution is 2.31. The maximum absolute atomic E-state index is 13.4. The Labute approximate surface area is 223 Å². The van der Waals surface area contributed by atoms with Gasteiger partial charge in [-0.05, 0) is 122 Å². The highest BCUT2D eigenvalue weighted by molar-refractivity contribution is 7.89. The Hall–Kier alpha value is -1.68. The quantitative estimate of drug-likeness (QED) is 0.597. The number of sulfonamides is 1. The van der Waals surface area contributed by atoms with Gasteiger partial charge in [-0.3, -0.25) is 0 Å². The molecule has 1 N–H and O–H groups in total. The summed E-state index contributed by atoms with van der Waals surface area (Å²) >= 11 is 0. The largest absolute Gasteiger partial charge is 0.444 e. The third-order valence-corrected chi connectivity index (χ3v) is 9.98. The Balaban J connectivity index is 1.28. The number of carbonyl (C=O) groups excluding carboxylic acids is 1. The molecule has 3 aliphatic heterocycles. The zero-order chi connectivity index (χ0) is 26.6. The van der Waals surface area contributed by atoms with E-state index in [1.807, 2.05) is 32.9 Å². The van der Waals surface area contributed by atoms with Crippen LogP contribution in [0.2, 0.25) is 0 Å². The van der Waals surface area contributed by atoms with Crippen LogP contribution in [0, 0.1) is 5.92 Å². The summed E-state index contributed by atoms with van der Waals surface area (Å²) in [6.45, 7) is 12.1. The van der Waals surface area contributed by atoms with Crippen molar-refractivity contribution in [2.45, 2.75) is 81.8 Å². The first-order valence-electron chi connectivity index (χ1n) is 14.0. The highest BCUT2D eigenvalue weighted by atomic mass is 32.2. The van der Waals surface area contributed by atoms with Crippen LogP contribution in [-0.2, 0) is 14.8 Å². The molecule has 37 heavy (non-hydrogen) atoms. The third-order valence-electron chi connectivity index (χ3n) is 8.08. The number of hydrogen-bond donors (Lipinski definition) is 1. The summed E-state index contributed by atoms with van der Waals surface area (Å²) < 4.78 is 33.8.